The zero-order valence-electron chi connectivity index (χ0n) is 15.3. The number of aromatic nitrogens is 2. The summed E-state index contributed by atoms with van der Waals surface area (Å²) in [6, 6.07) is 20.3. The van der Waals surface area contributed by atoms with E-state index in [1.165, 1.54) is 5.56 Å². The summed E-state index contributed by atoms with van der Waals surface area (Å²) in [5.41, 5.74) is 3.58. The average molecular weight is 360 g/mol. The van der Waals surface area contributed by atoms with Gasteiger partial charge in [-0.1, -0.05) is 48.5 Å². The van der Waals surface area contributed by atoms with Gasteiger partial charge < -0.3 is 10.6 Å². The standard InChI is InChI=1S/C22H24N4O/c27-21(24-17-22(12-13-22)19-7-3-1-4-8-19)23-14-11-18-15-25-26(16-18)20-9-5-2-6-10-20/h1-10,15-16H,11-14,17H2,(H2,23,24,27). The SMILES string of the molecule is O=C(NCCc1cnn(-c2ccccc2)c1)NCC1(c2ccccc2)CC1. The molecule has 3 aromatic rings. The van der Waals surface area contributed by atoms with Crippen LogP contribution in [0, 0.1) is 0 Å². The minimum Gasteiger partial charge on any atom is -0.338 e. The number of rotatable bonds is 7. The van der Waals surface area contributed by atoms with Crippen molar-refractivity contribution in [2.75, 3.05) is 13.1 Å². The normalized spacial score (nSPS) is 14.5. The Morgan fingerprint density at radius 2 is 1.70 bits per heavy atom. The van der Waals surface area contributed by atoms with E-state index >= 15 is 0 Å². The summed E-state index contributed by atoms with van der Waals surface area (Å²) in [6.07, 6.45) is 6.88. The number of urea groups is 1. The molecular formula is C22H24N4O. The van der Waals surface area contributed by atoms with Gasteiger partial charge in [-0.2, -0.15) is 5.10 Å². The Bertz CT molecular complexity index is 885. The maximum Gasteiger partial charge on any atom is 0.314 e. The Balaban J connectivity index is 1.22. The number of hydrogen-bond donors (Lipinski definition) is 2. The van der Waals surface area contributed by atoms with Crippen LogP contribution in [0.1, 0.15) is 24.0 Å². The maximum absolute atomic E-state index is 12.1. The average Bonchev–Trinajstić information content (AvgIpc) is 3.38. The molecule has 1 aromatic heterocycles. The van der Waals surface area contributed by atoms with Crippen LogP contribution in [0.5, 0.6) is 0 Å². The van der Waals surface area contributed by atoms with Gasteiger partial charge in [-0.25, -0.2) is 9.48 Å². The molecule has 0 radical (unpaired) electrons. The molecule has 1 aliphatic rings. The molecule has 1 heterocycles. The van der Waals surface area contributed by atoms with Crippen LogP contribution in [0.25, 0.3) is 5.69 Å². The van der Waals surface area contributed by atoms with Gasteiger partial charge in [0.2, 0.25) is 0 Å². The summed E-state index contributed by atoms with van der Waals surface area (Å²) in [6.45, 7) is 1.28. The second-order valence-electron chi connectivity index (χ2n) is 7.13. The van der Waals surface area contributed by atoms with Crippen molar-refractivity contribution in [1.82, 2.24) is 20.4 Å². The molecule has 0 spiro atoms. The fourth-order valence-electron chi connectivity index (χ4n) is 3.35. The van der Waals surface area contributed by atoms with Gasteiger partial charge in [0.05, 0.1) is 11.9 Å². The first-order chi connectivity index (χ1) is 13.3. The molecule has 5 nitrogen and oxygen atoms in total. The molecule has 27 heavy (non-hydrogen) atoms. The fourth-order valence-corrected chi connectivity index (χ4v) is 3.35. The van der Waals surface area contributed by atoms with Crippen molar-refractivity contribution in [2.45, 2.75) is 24.7 Å². The van der Waals surface area contributed by atoms with Gasteiger partial charge in [0.1, 0.15) is 0 Å². The molecule has 0 saturated heterocycles. The third kappa shape index (κ3) is 4.19. The van der Waals surface area contributed by atoms with Crippen LogP contribution < -0.4 is 10.6 Å². The van der Waals surface area contributed by atoms with E-state index in [9.17, 15) is 4.79 Å². The van der Waals surface area contributed by atoms with Crippen LogP contribution in [0.4, 0.5) is 4.79 Å². The van der Waals surface area contributed by atoms with Crippen LogP contribution in [0.2, 0.25) is 0 Å². The second-order valence-corrected chi connectivity index (χ2v) is 7.13. The number of benzene rings is 2. The lowest BCUT2D eigenvalue weighted by Crippen LogP contribution is -2.40. The van der Waals surface area contributed by atoms with Gasteiger partial charge in [-0.3, -0.25) is 0 Å². The molecule has 0 aliphatic heterocycles. The highest BCUT2D eigenvalue weighted by Crippen LogP contribution is 2.47. The number of para-hydroxylation sites is 1. The number of carbonyl (C=O) groups is 1. The van der Waals surface area contributed by atoms with E-state index in [-0.39, 0.29) is 11.4 Å². The van der Waals surface area contributed by atoms with Crippen LogP contribution in [-0.2, 0) is 11.8 Å². The minimum atomic E-state index is -0.104. The van der Waals surface area contributed by atoms with Crippen molar-refractivity contribution in [3.05, 3.63) is 84.2 Å². The number of nitrogens with one attached hydrogen (secondary N) is 2. The van der Waals surface area contributed by atoms with Crippen molar-refractivity contribution >= 4 is 6.03 Å². The van der Waals surface area contributed by atoms with Crippen LogP contribution in [0.15, 0.2) is 73.1 Å². The molecule has 138 valence electrons. The maximum atomic E-state index is 12.1. The van der Waals surface area contributed by atoms with Gasteiger partial charge in [-0.05, 0) is 42.5 Å². The molecule has 1 saturated carbocycles. The molecule has 1 fully saturated rings. The summed E-state index contributed by atoms with van der Waals surface area (Å²) < 4.78 is 1.85. The molecule has 2 aromatic carbocycles. The van der Waals surface area contributed by atoms with Crippen molar-refractivity contribution < 1.29 is 4.79 Å². The summed E-state index contributed by atoms with van der Waals surface area (Å²) in [5, 5.41) is 10.4. The Morgan fingerprint density at radius 1 is 1.00 bits per heavy atom. The van der Waals surface area contributed by atoms with Gasteiger partial charge in [0.15, 0.2) is 0 Å². The highest BCUT2D eigenvalue weighted by Gasteiger charge is 2.44. The summed E-state index contributed by atoms with van der Waals surface area (Å²) in [4.78, 5) is 12.1. The number of hydrogen-bond acceptors (Lipinski definition) is 2. The lowest BCUT2D eigenvalue weighted by Gasteiger charge is -2.16. The summed E-state index contributed by atoms with van der Waals surface area (Å²) in [5.74, 6) is 0. The predicted molar refractivity (Wildman–Crippen MR) is 106 cm³/mol. The van der Waals surface area contributed by atoms with Crippen molar-refractivity contribution in [1.29, 1.82) is 0 Å². The Kier molecular flexibility index (Phi) is 4.92. The zero-order chi connectivity index (χ0) is 18.5. The summed E-state index contributed by atoms with van der Waals surface area (Å²) >= 11 is 0. The lowest BCUT2D eigenvalue weighted by molar-refractivity contribution is 0.240. The van der Waals surface area contributed by atoms with Crippen molar-refractivity contribution in [3.63, 3.8) is 0 Å². The fraction of sp³-hybridized carbons (Fsp3) is 0.273. The predicted octanol–water partition coefficient (Wildman–Crippen LogP) is 3.45. The van der Waals surface area contributed by atoms with E-state index in [0.29, 0.717) is 13.1 Å². The van der Waals surface area contributed by atoms with E-state index in [0.717, 1.165) is 30.5 Å². The van der Waals surface area contributed by atoms with Crippen LogP contribution >= 0.6 is 0 Å². The monoisotopic (exact) mass is 360 g/mol. The van der Waals surface area contributed by atoms with Gasteiger partial charge in [0.25, 0.3) is 0 Å². The third-order valence-corrected chi connectivity index (χ3v) is 5.18. The van der Waals surface area contributed by atoms with Gasteiger partial charge >= 0.3 is 6.03 Å². The first kappa shape index (κ1) is 17.3. The molecule has 0 unspecified atom stereocenters. The minimum absolute atomic E-state index is 0.104. The summed E-state index contributed by atoms with van der Waals surface area (Å²) in [7, 11) is 0. The lowest BCUT2D eigenvalue weighted by atomic mass is 9.96. The molecular weight excluding hydrogens is 336 g/mol. The molecule has 4 rings (SSSR count). The number of carbonyl (C=O) groups excluding carboxylic acids is 1. The van der Waals surface area contributed by atoms with Gasteiger partial charge in [0, 0.05) is 24.7 Å². The van der Waals surface area contributed by atoms with Crippen LogP contribution in [-0.4, -0.2) is 28.9 Å². The van der Waals surface area contributed by atoms with E-state index in [2.05, 4.69) is 40.0 Å². The number of amides is 2. The molecule has 2 N–H and O–H groups in total. The topological polar surface area (TPSA) is 59.0 Å². The molecule has 1 aliphatic carbocycles. The second kappa shape index (κ2) is 7.66. The van der Waals surface area contributed by atoms with Crippen LogP contribution in [0.3, 0.4) is 0 Å². The largest absolute Gasteiger partial charge is 0.338 e. The molecule has 0 bridgehead atoms. The van der Waals surface area contributed by atoms with E-state index in [1.54, 1.807) is 0 Å². The number of nitrogens with zero attached hydrogens (tertiary/aromatic N) is 2. The Morgan fingerprint density at radius 3 is 2.41 bits per heavy atom. The highest BCUT2D eigenvalue weighted by molar-refractivity contribution is 5.74. The molecule has 0 atom stereocenters. The first-order valence-electron chi connectivity index (χ1n) is 9.41. The van der Waals surface area contributed by atoms with Crippen molar-refractivity contribution in [3.8, 4) is 5.69 Å². The van der Waals surface area contributed by atoms with Crippen molar-refractivity contribution in [2.24, 2.45) is 0 Å². The van der Waals surface area contributed by atoms with E-state index in [1.807, 2.05) is 53.5 Å². The van der Waals surface area contributed by atoms with E-state index < -0.39 is 0 Å². The smallest absolute Gasteiger partial charge is 0.314 e. The third-order valence-electron chi connectivity index (χ3n) is 5.18. The highest BCUT2D eigenvalue weighted by atomic mass is 16.2. The Labute approximate surface area is 159 Å². The Hall–Kier alpha value is -3.08. The van der Waals surface area contributed by atoms with Gasteiger partial charge in [-0.15, -0.1) is 0 Å². The zero-order valence-corrected chi connectivity index (χ0v) is 15.3. The molecule has 5 heteroatoms. The molecule has 2 amide bonds. The quantitative estimate of drug-likeness (QED) is 0.678. The first-order valence-corrected chi connectivity index (χ1v) is 9.41. The van der Waals surface area contributed by atoms with E-state index in [4.69, 9.17) is 0 Å².